The summed E-state index contributed by atoms with van der Waals surface area (Å²) in [5, 5.41) is 5.64. The number of amides is 1. The van der Waals surface area contributed by atoms with Crippen molar-refractivity contribution < 1.29 is 4.79 Å². The first-order chi connectivity index (χ1) is 11.1. The van der Waals surface area contributed by atoms with Gasteiger partial charge in [0.15, 0.2) is 5.13 Å². The molecule has 0 atom stereocenters. The van der Waals surface area contributed by atoms with E-state index < -0.39 is 0 Å². The van der Waals surface area contributed by atoms with E-state index in [4.69, 9.17) is 0 Å². The quantitative estimate of drug-likeness (QED) is 0.924. The van der Waals surface area contributed by atoms with Gasteiger partial charge in [-0.05, 0) is 50.4 Å². The van der Waals surface area contributed by atoms with E-state index in [1.54, 1.807) is 0 Å². The highest BCUT2D eigenvalue weighted by Crippen LogP contribution is 2.21. The number of hydrogen-bond acceptors (Lipinski definition) is 4. The molecule has 2 aromatic rings. The molecular weight excluding hydrogens is 306 g/mol. The van der Waals surface area contributed by atoms with Crippen LogP contribution in [-0.2, 0) is 6.54 Å². The van der Waals surface area contributed by atoms with Gasteiger partial charge >= 0.3 is 0 Å². The number of aromatic nitrogens is 1. The van der Waals surface area contributed by atoms with Crippen molar-refractivity contribution in [3.63, 3.8) is 0 Å². The fourth-order valence-corrected chi connectivity index (χ4v) is 3.57. The Balaban J connectivity index is 1.59. The molecule has 0 spiro atoms. The molecule has 1 saturated heterocycles. The lowest BCUT2D eigenvalue weighted by Crippen LogP contribution is -2.32. The second-order valence-corrected chi connectivity index (χ2v) is 7.23. The monoisotopic (exact) mass is 329 g/mol. The van der Waals surface area contributed by atoms with Crippen molar-refractivity contribution in [3.8, 4) is 0 Å². The van der Waals surface area contributed by atoms with Crippen LogP contribution in [0.1, 0.15) is 41.4 Å². The summed E-state index contributed by atoms with van der Waals surface area (Å²) < 4.78 is 0. The van der Waals surface area contributed by atoms with Crippen LogP contribution >= 0.6 is 11.3 Å². The minimum atomic E-state index is -0.0872. The Labute approximate surface area is 141 Å². The average molecular weight is 329 g/mol. The molecular formula is C18H23N3OS. The summed E-state index contributed by atoms with van der Waals surface area (Å²) in [4.78, 5) is 19.3. The van der Waals surface area contributed by atoms with Crippen molar-refractivity contribution in [2.75, 3.05) is 18.4 Å². The molecule has 23 heavy (non-hydrogen) atoms. The van der Waals surface area contributed by atoms with Gasteiger partial charge in [0.2, 0.25) is 0 Å². The molecule has 4 nitrogen and oxygen atoms in total. The van der Waals surface area contributed by atoms with Crippen molar-refractivity contribution in [2.24, 2.45) is 5.92 Å². The van der Waals surface area contributed by atoms with Crippen LogP contribution < -0.4 is 5.32 Å². The van der Waals surface area contributed by atoms with Gasteiger partial charge in [0, 0.05) is 17.5 Å². The lowest BCUT2D eigenvalue weighted by atomic mass is 9.99. The van der Waals surface area contributed by atoms with Crippen molar-refractivity contribution in [1.82, 2.24) is 9.88 Å². The molecule has 0 bridgehead atoms. The van der Waals surface area contributed by atoms with Crippen LogP contribution in [0.2, 0.25) is 0 Å². The number of carbonyl (C=O) groups is 1. The lowest BCUT2D eigenvalue weighted by Gasteiger charge is -2.29. The topological polar surface area (TPSA) is 45.2 Å². The molecule has 2 heterocycles. The molecule has 1 aromatic heterocycles. The molecule has 122 valence electrons. The van der Waals surface area contributed by atoms with Crippen LogP contribution in [-0.4, -0.2) is 28.9 Å². The first-order valence-corrected chi connectivity index (χ1v) is 9.03. The van der Waals surface area contributed by atoms with E-state index in [0.29, 0.717) is 10.7 Å². The largest absolute Gasteiger partial charge is 0.298 e. The number of nitrogens with one attached hydrogen (secondary N) is 1. The zero-order valence-electron chi connectivity index (χ0n) is 13.7. The van der Waals surface area contributed by atoms with Crippen LogP contribution in [0.5, 0.6) is 0 Å². The fraction of sp³-hybridized carbons (Fsp3) is 0.444. The summed E-state index contributed by atoms with van der Waals surface area (Å²) in [5.41, 5.74) is 2.73. The predicted octanol–water partition coefficient (Wildman–Crippen LogP) is 3.94. The lowest BCUT2D eigenvalue weighted by molar-refractivity contribution is 0.102. The molecule has 0 aliphatic carbocycles. The van der Waals surface area contributed by atoms with Gasteiger partial charge in [-0.3, -0.25) is 15.0 Å². The number of thiazole rings is 1. The molecule has 1 N–H and O–H groups in total. The Morgan fingerprint density at radius 1 is 1.35 bits per heavy atom. The van der Waals surface area contributed by atoms with Crippen molar-refractivity contribution in [3.05, 3.63) is 46.5 Å². The molecule has 5 heteroatoms. The van der Waals surface area contributed by atoms with E-state index in [0.717, 1.165) is 36.8 Å². The number of aryl methyl sites for hydroxylation is 1. The molecule has 1 aliphatic heterocycles. The average Bonchev–Trinajstić information content (AvgIpc) is 2.97. The first kappa shape index (κ1) is 16.1. The molecule has 1 fully saturated rings. The number of piperidine rings is 1. The van der Waals surface area contributed by atoms with Gasteiger partial charge in [0.05, 0.1) is 5.69 Å². The summed E-state index contributed by atoms with van der Waals surface area (Å²) in [6.07, 6.45) is 2.53. The van der Waals surface area contributed by atoms with Crippen LogP contribution in [0.15, 0.2) is 29.6 Å². The number of anilines is 1. The number of benzene rings is 1. The number of nitrogens with zero attached hydrogens (tertiary/aromatic N) is 2. The van der Waals surface area contributed by atoms with Crippen LogP contribution in [0.4, 0.5) is 5.13 Å². The number of likely N-dealkylation sites (tertiary alicyclic amines) is 1. The third-order valence-corrected chi connectivity index (χ3v) is 5.23. The Kier molecular flexibility index (Phi) is 5.08. The minimum Gasteiger partial charge on any atom is -0.298 e. The standard InChI is InChI=1S/C18H23N3OS/c1-13-7-9-21(10-8-13)11-15-12-23-18(19-15)20-17(22)16-6-4-3-5-14(16)2/h3-6,12-13H,7-11H2,1-2H3,(H,19,20,22). The number of rotatable bonds is 4. The number of carbonyl (C=O) groups excluding carboxylic acids is 1. The Morgan fingerprint density at radius 3 is 2.83 bits per heavy atom. The normalized spacial score (nSPS) is 16.4. The van der Waals surface area contributed by atoms with E-state index in [2.05, 4.69) is 22.1 Å². The number of hydrogen-bond donors (Lipinski definition) is 1. The molecule has 0 unspecified atom stereocenters. The zero-order chi connectivity index (χ0) is 16.2. The van der Waals surface area contributed by atoms with Gasteiger partial charge in [0.1, 0.15) is 0 Å². The van der Waals surface area contributed by atoms with E-state index >= 15 is 0 Å². The van der Waals surface area contributed by atoms with E-state index in [-0.39, 0.29) is 5.91 Å². The highest BCUT2D eigenvalue weighted by molar-refractivity contribution is 7.13. The summed E-state index contributed by atoms with van der Waals surface area (Å²) in [6, 6.07) is 7.60. The zero-order valence-corrected chi connectivity index (χ0v) is 14.5. The smallest absolute Gasteiger partial charge is 0.257 e. The maximum atomic E-state index is 12.3. The van der Waals surface area contributed by atoms with Crippen molar-refractivity contribution in [2.45, 2.75) is 33.2 Å². The van der Waals surface area contributed by atoms with Gasteiger partial charge < -0.3 is 0 Å². The van der Waals surface area contributed by atoms with Gasteiger partial charge in [0.25, 0.3) is 5.91 Å². The summed E-state index contributed by atoms with van der Waals surface area (Å²) >= 11 is 1.50. The van der Waals surface area contributed by atoms with Crippen molar-refractivity contribution >= 4 is 22.4 Å². The van der Waals surface area contributed by atoms with E-state index in [9.17, 15) is 4.79 Å². The van der Waals surface area contributed by atoms with E-state index in [1.165, 1.54) is 24.2 Å². The summed E-state index contributed by atoms with van der Waals surface area (Å²) in [6.45, 7) is 7.43. The third-order valence-electron chi connectivity index (χ3n) is 4.42. The fourth-order valence-electron chi connectivity index (χ4n) is 2.88. The Bertz CT molecular complexity index is 674. The second-order valence-electron chi connectivity index (χ2n) is 6.37. The molecule has 1 aromatic carbocycles. The third kappa shape index (κ3) is 4.18. The summed E-state index contributed by atoms with van der Waals surface area (Å²) in [7, 11) is 0. The van der Waals surface area contributed by atoms with Gasteiger partial charge in [-0.2, -0.15) is 0 Å². The molecule has 0 radical (unpaired) electrons. The molecule has 1 aliphatic rings. The van der Waals surface area contributed by atoms with E-state index in [1.807, 2.05) is 36.6 Å². The molecule has 1 amide bonds. The SMILES string of the molecule is Cc1ccccc1C(=O)Nc1nc(CN2CCC(C)CC2)cs1. The molecule has 0 saturated carbocycles. The van der Waals surface area contributed by atoms with Crippen LogP contribution in [0, 0.1) is 12.8 Å². The predicted molar refractivity (Wildman–Crippen MR) is 94.9 cm³/mol. The molecule has 3 rings (SSSR count). The highest BCUT2D eigenvalue weighted by atomic mass is 32.1. The second kappa shape index (κ2) is 7.23. The first-order valence-electron chi connectivity index (χ1n) is 8.15. The minimum absolute atomic E-state index is 0.0872. The van der Waals surface area contributed by atoms with Gasteiger partial charge in [-0.15, -0.1) is 11.3 Å². The van der Waals surface area contributed by atoms with Gasteiger partial charge in [-0.25, -0.2) is 4.98 Å². The maximum Gasteiger partial charge on any atom is 0.257 e. The van der Waals surface area contributed by atoms with Gasteiger partial charge in [-0.1, -0.05) is 25.1 Å². The summed E-state index contributed by atoms with van der Waals surface area (Å²) in [5.74, 6) is 0.751. The van der Waals surface area contributed by atoms with Crippen LogP contribution in [0.25, 0.3) is 0 Å². The Morgan fingerprint density at radius 2 is 2.09 bits per heavy atom. The van der Waals surface area contributed by atoms with Crippen molar-refractivity contribution in [1.29, 1.82) is 0 Å². The highest BCUT2D eigenvalue weighted by Gasteiger charge is 2.17. The Hall–Kier alpha value is -1.72. The maximum absolute atomic E-state index is 12.3. The van der Waals surface area contributed by atoms with Crippen LogP contribution in [0.3, 0.4) is 0 Å².